The van der Waals surface area contributed by atoms with Gasteiger partial charge in [0.15, 0.2) is 12.0 Å². The van der Waals surface area contributed by atoms with Gasteiger partial charge in [0, 0.05) is 18.7 Å². The maximum Gasteiger partial charge on any atom is 0.374 e. The molecule has 1 aromatic heterocycles. The highest BCUT2D eigenvalue weighted by Crippen LogP contribution is 2.35. The van der Waals surface area contributed by atoms with E-state index in [9.17, 15) is 14.4 Å². The Kier molecular flexibility index (Phi) is 5.20. The van der Waals surface area contributed by atoms with E-state index in [1.807, 2.05) is 11.8 Å². The highest BCUT2D eigenvalue weighted by Gasteiger charge is 2.35. The molecule has 1 aromatic carbocycles. The second-order valence-corrected chi connectivity index (χ2v) is 7.89. The van der Waals surface area contributed by atoms with Crippen LogP contribution < -0.4 is 5.43 Å². The largest absolute Gasteiger partial charge is 0.450 e. The van der Waals surface area contributed by atoms with Gasteiger partial charge >= 0.3 is 5.97 Å². The lowest BCUT2D eigenvalue weighted by molar-refractivity contribution is -0.140. The maximum atomic E-state index is 12.7. The summed E-state index contributed by atoms with van der Waals surface area (Å²) in [5.41, 5.74) is 0.963. The molecular weight excluding hydrogens is 358 g/mol. The van der Waals surface area contributed by atoms with Gasteiger partial charge in [0.05, 0.1) is 5.39 Å². The number of benzene rings is 1. The highest BCUT2D eigenvalue weighted by molar-refractivity contribution is 5.90. The molecule has 0 radical (unpaired) electrons. The zero-order chi connectivity index (χ0) is 19.7. The second kappa shape index (κ2) is 7.78. The molecule has 4 rings (SSSR count). The molecule has 1 amide bonds. The molecule has 0 N–H and O–H groups in total. The van der Waals surface area contributed by atoms with Crippen LogP contribution in [0.3, 0.4) is 0 Å². The van der Waals surface area contributed by atoms with Crippen LogP contribution in [0.2, 0.25) is 0 Å². The van der Waals surface area contributed by atoms with Crippen molar-refractivity contribution in [1.82, 2.24) is 4.90 Å². The summed E-state index contributed by atoms with van der Waals surface area (Å²) in [5.74, 6) is -0.554. The van der Waals surface area contributed by atoms with Crippen molar-refractivity contribution in [3.8, 4) is 0 Å². The van der Waals surface area contributed by atoms with Crippen LogP contribution in [-0.2, 0) is 9.53 Å². The summed E-state index contributed by atoms with van der Waals surface area (Å²) in [4.78, 5) is 39.2. The van der Waals surface area contributed by atoms with E-state index in [1.54, 1.807) is 18.2 Å². The molecule has 1 aliphatic heterocycles. The van der Waals surface area contributed by atoms with Gasteiger partial charge in [0.25, 0.3) is 5.91 Å². The van der Waals surface area contributed by atoms with E-state index in [-0.39, 0.29) is 29.7 Å². The van der Waals surface area contributed by atoms with Crippen molar-refractivity contribution < 1.29 is 18.7 Å². The van der Waals surface area contributed by atoms with Gasteiger partial charge in [-0.05, 0) is 50.7 Å². The highest BCUT2D eigenvalue weighted by atomic mass is 16.5. The van der Waals surface area contributed by atoms with E-state index < -0.39 is 5.97 Å². The van der Waals surface area contributed by atoms with Gasteiger partial charge < -0.3 is 14.1 Å². The Morgan fingerprint density at radius 2 is 1.93 bits per heavy atom. The summed E-state index contributed by atoms with van der Waals surface area (Å²) in [7, 11) is 0. The number of likely N-dealkylation sites (tertiary alicyclic amines) is 1. The third-order valence-electron chi connectivity index (χ3n) is 5.97. The minimum atomic E-state index is -0.787. The molecule has 1 saturated carbocycles. The lowest BCUT2D eigenvalue weighted by atomic mass is 9.78. The number of carbonyl (C=O) groups excluding carboxylic acids is 2. The first-order valence-electron chi connectivity index (χ1n) is 10.0. The van der Waals surface area contributed by atoms with Crippen molar-refractivity contribution in [2.75, 3.05) is 13.2 Å². The van der Waals surface area contributed by atoms with Crippen LogP contribution in [0.5, 0.6) is 0 Å². The van der Waals surface area contributed by atoms with Crippen LogP contribution in [0.4, 0.5) is 0 Å². The predicted molar refractivity (Wildman–Crippen MR) is 104 cm³/mol. The molecule has 0 unspecified atom stereocenters. The standard InChI is InChI=1S/C22H25NO5/c1-14-8-9-19-16(11-14)18(24)12-20(28-19)22(26)27-13-21(25)23-10-4-6-15-5-2-3-7-17(15)23/h8-9,11-12,15,17H,2-7,10,13H2,1H3/t15-,17-/m0/s1. The van der Waals surface area contributed by atoms with Crippen molar-refractivity contribution >= 4 is 22.8 Å². The maximum absolute atomic E-state index is 12.7. The Hall–Kier alpha value is -2.63. The van der Waals surface area contributed by atoms with Crippen LogP contribution in [0, 0.1) is 12.8 Å². The van der Waals surface area contributed by atoms with Crippen LogP contribution in [0.1, 0.15) is 54.6 Å². The third kappa shape index (κ3) is 3.68. The average molecular weight is 383 g/mol. The number of amides is 1. The predicted octanol–water partition coefficient (Wildman–Crippen LogP) is 3.44. The summed E-state index contributed by atoms with van der Waals surface area (Å²) in [6.07, 6.45) is 6.76. The van der Waals surface area contributed by atoms with Gasteiger partial charge in [0.1, 0.15) is 5.58 Å². The zero-order valence-electron chi connectivity index (χ0n) is 16.1. The van der Waals surface area contributed by atoms with E-state index >= 15 is 0 Å². The number of piperidine rings is 1. The van der Waals surface area contributed by atoms with Crippen molar-refractivity contribution in [2.24, 2.45) is 5.92 Å². The topological polar surface area (TPSA) is 76.8 Å². The summed E-state index contributed by atoms with van der Waals surface area (Å²) >= 11 is 0. The first kappa shape index (κ1) is 18.7. The molecule has 6 heteroatoms. The molecule has 0 spiro atoms. The summed E-state index contributed by atoms with van der Waals surface area (Å²) in [6.45, 7) is 2.28. The van der Waals surface area contributed by atoms with Gasteiger partial charge in [-0.3, -0.25) is 9.59 Å². The van der Waals surface area contributed by atoms with Crippen molar-refractivity contribution in [2.45, 2.75) is 51.5 Å². The Balaban J connectivity index is 1.44. The number of aryl methyl sites for hydroxylation is 1. The molecule has 2 atom stereocenters. The number of hydrogen-bond donors (Lipinski definition) is 0. The van der Waals surface area contributed by atoms with E-state index in [4.69, 9.17) is 9.15 Å². The number of ether oxygens (including phenoxy) is 1. The Bertz CT molecular complexity index is 961. The molecule has 6 nitrogen and oxygen atoms in total. The third-order valence-corrected chi connectivity index (χ3v) is 5.97. The summed E-state index contributed by atoms with van der Waals surface area (Å²) in [6, 6.07) is 6.59. The molecule has 1 aliphatic carbocycles. The average Bonchev–Trinajstić information content (AvgIpc) is 2.71. The van der Waals surface area contributed by atoms with Gasteiger partial charge in [-0.25, -0.2) is 4.79 Å². The molecule has 28 heavy (non-hydrogen) atoms. The molecule has 2 fully saturated rings. The first-order valence-corrected chi connectivity index (χ1v) is 10.0. The van der Waals surface area contributed by atoms with Crippen LogP contribution in [0.15, 0.2) is 33.5 Å². The van der Waals surface area contributed by atoms with Crippen molar-refractivity contribution in [3.63, 3.8) is 0 Å². The van der Waals surface area contributed by atoms with Crippen LogP contribution in [-0.4, -0.2) is 36.0 Å². The van der Waals surface area contributed by atoms with Crippen molar-refractivity contribution in [3.05, 3.63) is 45.8 Å². The Labute approximate surface area is 163 Å². The summed E-state index contributed by atoms with van der Waals surface area (Å²) in [5, 5.41) is 0.421. The fraction of sp³-hybridized carbons (Fsp3) is 0.500. The first-order chi connectivity index (χ1) is 13.5. The van der Waals surface area contributed by atoms with Crippen LogP contribution >= 0.6 is 0 Å². The number of nitrogens with zero attached hydrogens (tertiary/aromatic N) is 1. The summed E-state index contributed by atoms with van der Waals surface area (Å²) < 4.78 is 10.7. The number of rotatable bonds is 3. The van der Waals surface area contributed by atoms with Gasteiger partial charge in [-0.2, -0.15) is 0 Å². The molecule has 0 bridgehead atoms. The minimum Gasteiger partial charge on any atom is -0.450 e. The fourth-order valence-electron chi connectivity index (χ4n) is 4.59. The van der Waals surface area contributed by atoms with E-state index in [1.165, 1.54) is 19.3 Å². The Morgan fingerprint density at radius 3 is 2.79 bits per heavy atom. The smallest absolute Gasteiger partial charge is 0.374 e. The van der Waals surface area contributed by atoms with E-state index in [2.05, 4.69) is 0 Å². The number of esters is 1. The zero-order valence-corrected chi connectivity index (χ0v) is 16.1. The number of hydrogen-bond acceptors (Lipinski definition) is 5. The van der Waals surface area contributed by atoms with Gasteiger partial charge in [-0.1, -0.05) is 24.5 Å². The minimum absolute atomic E-state index is 0.163. The lowest BCUT2D eigenvalue weighted by Crippen LogP contribution is -2.50. The van der Waals surface area contributed by atoms with Gasteiger partial charge in [0.2, 0.25) is 5.76 Å². The molecule has 2 aromatic rings. The van der Waals surface area contributed by atoms with Crippen LogP contribution in [0.25, 0.3) is 11.0 Å². The van der Waals surface area contributed by atoms with Crippen molar-refractivity contribution in [1.29, 1.82) is 0 Å². The number of fused-ring (bicyclic) bond motifs is 2. The Morgan fingerprint density at radius 1 is 1.14 bits per heavy atom. The monoisotopic (exact) mass is 383 g/mol. The second-order valence-electron chi connectivity index (χ2n) is 7.89. The van der Waals surface area contributed by atoms with Gasteiger partial charge in [-0.15, -0.1) is 0 Å². The lowest BCUT2D eigenvalue weighted by Gasteiger charge is -2.44. The fourth-order valence-corrected chi connectivity index (χ4v) is 4.59. The normalized spacial score (nSPS) is 22.0. The van der Waals surface area contributed by atoms with E-state index in [0.29, 0.717) is 16.9 Å². The SMILES string of the molecule is Cc1ccc2oc(C(=O)OCC(=O)N3CCC[C@@H]4CCCC[C@@H]43)cc(=O)c2c1. The molecule has 1 saturated heterocycles. The molecule has 2 heterocycles. The quantitative estimate of drug-likeness (QED) is 0.759. The molecule has 148 valence electrons. The number of carbonyl (C=O) groups is 2. The van der Waals surface area contributed by atoms with E-state index in [0.717, 1.165) is 37.4 Å². The molecule has 2 aliphatic rings. The molecular formula is C22H25NO5.